The third kappa shape index (κ3) is 2.96. The second-order valence-electron chi connectivity index (χ2n) is 5.49. The van der Waals surface area contributed by atoms with E-state index in [1.807, 2.05) is 11.0 Å². The molecule has 2 aromatic rings. The largest absolute Gasteiger partial charge is 0.337 e. The van der Waals surface area contributed by atoms with Crippen molar-refractivity contribution in [3.05, 3.63) is 29.6 Å². The van der Waals surface area contributed by atoms with Crippen LogP contribution in [-0.4, -0.2) is 49.3 Å². The lowest BCUT2D eigenvalue weighted by Crippen LogP contribution is -2.39. The summed E-state index contributed by atoms with van der Waals surface area (Å²) in [7, 11) is 0. The minimum Gasteiger partial charge on any atom is -0.337 e. The van der Waals surface area contributed by atoms with Crippen molar-refractivity contribution in [1.82, 2.24) is 30.3 Å². The van der Waals surface area contributed by atoms with Crippen molar-refractivity contribution in [3.8, 4) is 0 Å². The number of amides is 1. The molecule has 3 rings (SSSR count). The highest BCUT2D eigenvalue weighted by molar-refractivity contribution is 5.92. The third-order valence-electron chi connectivity index (χ3n) is 3.90. The van der Waals surface area contributed by atoms with Crippen LogP contribution in [0.25, 0.3) is 0 Å². The lowest BCUT2D eigenvalue weighted by molar-refractivity contribution is 0.0698. The molecule has 2 N–H and O–H groups in total. The quantitative estimate of drug-likeness (QED) is 0.892. The van der Waals surface area contributed by atoms with E-state index in [-0.39, 0.29) is 11.8 Å². The number of nitrogens with zero attached hydrogens (tertiary/aromatic N) is 4. The fourth-order valence-electron chi connectivity index (χ4n) is 2.83. The van der Waals surface area contributed by atoms with Gasteiger partial charge in [-0.05, 0) is 25.3 Å². The van der Waals surface area contributed by atoms with Crippen LogP contribution in [-0.2, 0) is 6.42 Å². The van der Waals surface area contributed by atoms with Crippen LogP contribution in [0.1, 0.15) is 54.1 Å². The van der Waals surface area contributed by atoms with Gasteiger partial charge in [0.05, 0.1) is 0 Å². The number of hydrogen-bond acceptors (Lipinski definition) is 4. The lowest BCUT2D eigenvalue weighted by atomic mass is 9.97. The Kier molecular flexibility index (Phi) is 3.98. The molecular weight excluding hydrogens is 268 g/mol. The first-order valence-electron chi connectivity index (χ1n) is 7.46. The molecule has 0 saturated carbocycles. The number of aromatic nitrogens is 5. The Labute approximate surface area is 123 Å². The number of carbonyl (C=O) groups is 1. The SMILES string of the molecule is CCCc1cc(C(=O)N2CCCC(c3ncn[nH]3)C2)n[nH]1. The van der Waals surface area contributed by atoms with Crippen LogP contribution in [0, 0.1) is 0 Å². The van der Waals surface area contributed by atoms with Crippen LogP contribution in [0.5, 0.6) is 0 Å². The number of aromatic amines is 2. The van der Waals surface area contributed by atoms with Gasteiger partial charge in [-0.15, -0.1) is 0 Å². The summed E-state index contributed by atoms with van der Waals surface area (Å²) >= 11 is 0. The standard InChI is InChI=1S/C14H20N6O/c1-2-4-11-7-12(18-17-11)14(21)20-6-3-5-10(8-20)13-15-9-16-19-13/h7,9-10H,2-6,8H2,1H3,(H,17,18)(H,15,16,19). The molecule has 1 amide bonds. The molecule has 112 valence electrons. The van der Waals surface area contributed by atoms with E-state index in [9.17, 15) is 4.79 Å². The number of carbonyl (C=O) groups excluding carboxylic acids is 1. The molecule has 0 aliphatic carbocycles. The van der Waals surface area contributed by atoms with Gasteiger partial charge in [0.1, 0.15) is 17.8 Å². The highest BCUT2D eigenvalue weighted by atomic mass is 16.2. The molecule has 21 heavy (non-hydrogen) atoms. The van der Waals surface area contributed by atoms with Gasteiger partial charge in [0, 0.05) is 24.7 Å². The topological polar surface area (TPSA) is 90.6 Å². The highest BCUT2D eigenvalue weighted by Gasteiger charge is 2.28. The minimum atomic E-state index is -0.00202. The average Bonchev–Trinajstić information content (AvgIpc) is 3.18. The number of likely N-dealkylation sites (tertiary alicyclic amines) is 1. The number of nitrogens with one attached hydrogen (secondary N) is 2. The molecule has 1 unspecified atom stereocenters. The molecule has 1 fully saturated rings. The summed E-state index contributed by atoms with van der Waals surface area (Å²) in [5.74, 6) is 1.10. The number of rotatable bonds is 4. The van der Waals surface area contributed by atoms with Crippen molar-refractivity contribution in [3.63, 3.8) is 0 Å². The maximum atomic E-state index is 12.5. The predicted molar refractivity (Wildman–Crippen MR) is 76.8 cm³/mol. The number of H-pyrrole nitrogens is 2. The second kappa shape index (κ2) is 6.07. The summed E-state index contributed by atoms with van der Waals surface area (Å²) in [5, 5.41) is 13.9. The summed E-state index contributed by atoms with van der Waals surface area (Å²) < 4.78 is 0. The van der Waals surface area contributed by atoms with E-state index < -0.39 is 0 Å². The van der Waals surface area contributed by atoms with Crippen molar-refractivity contribution in [2.24, 2.45) is 0 Å². The second-order valence-corrected chi connectivity index (χ2v) is 5.49. The van der Waals surface area contributed by atoms with Gasteiger partial charge in [0.15, 0.2) is 0 Å². The smallest absolute Gasteiger partial charge is 0.274 e. The van der Waals surface area contributed by atoms with Crippen molar-refractivity contribution in [2.45, 2.75) is 38.5 Å². The fraction of sp³-hybridized carbons (Fsp3) is 0.571. The summed E-state index contributed by atoms with van der Waals surface area (Å²) in [6, 6.07) is 1.86. The van der Waals surface area contributed by atoms with Gasteiger partial charge in [-0.3, -0.25) is 15.0 Å². The Bertz CT molecular complexity index is 590. The van der Waals surface area contributed by atoms with Gasteiger partial charge in [-0.25, -0.2) is 4.98 Å². The molecule has 0 bridgehead atoms. The van der Waals surface area contributed by atoms with E-state index >= 15 is 0 Å². The molecule has 2 aromatic heterocycles. The molecule has 7 nitrogen and oxygen atoms in total. The monoisotopic (exact) mass is 288 g/mol. The van der Waals surface area contributed by atoms with E-state index in [0.29, 0.717) is 12.2 Å². The normalized spacial score (nSPS) is 18.9. The zero-order valence-corrected chi connectivity index (χ0v) is 12.2. The van der Waals surface area contributed by atoms with E-state index in [1.54, 1.807) is 0 Å². The van der Waals surface area contributed by atoms with E-state index in [4.69, 9.17) is 0 Å². The van der Waals surface area contributed by atoms with Crippen LogP contribution in [0.2, 0.25) is 0 Å². The summed E-state index contributed by atoms with van der Waals surface area (Å²) in [5.41, 5.74) is 1.53. The summed E-state index contributed by atoms with van der Waals surface area (Å²) in [4.78, 5) is 18.6. The first-order chi connectivity index (χ1) is 10.3. The van der Waals surface area contributed by atoms with Crippen molar-refractivity contribution in [2.75, 3.05) is 13.1 Å². The molecule has 0 radical (unpaired) electrons. The van der Waals surface area contributed by atoms with Crippen LogP contribution in [0.3, 0.4) is 0 Å². The lowest BCUT2D eigenvalue weighted by Gasteiger charge is -2.31. The molecular formula is C14H20N6O. The van der Waals surface area contributed by atoms with Crippen LogP contribution < -0.4 is 0 Å². The molecule has 1 atom stereocenters. The Morgan fingerprint density at radius 1 is 1.48 bits per heavy atom. The zero-order valence-electron chi connectivity index (χ0n) is 12.2. The summed E-state index contributed by atoms with van der Waals surface area (Å²) in [6.45, 7) is 3.55. The predicted octanol–water partition coefficient (Wildman–Crippen LogP) is 1.50. The summed E-state index contributed by atoms with van der Waals surface area (Å²) in [6.07, 6.45) is 5.47. The molecule has 1 saturated heterocycles. The van der Waals surface area contributed by atoms with Gasteiger partial charge < -0.3 is 4.90 Å². The first-order valence-corrected chi connectivity index (χ1v) is 7.46. The van der Waals surface area contributed by atoms with Crippen molar-refractivity contribution >= 4 is 5.91 Å². The van der Waals surface area contributed by atoms with Crippen molar-refractivity contribution in [1.29, 1.82) is 0 Å². The van der Waals surface area contributed by atoms with Crippen molar-refractivity contribution < 1.29 is 4.79 Å². The van der Waals surface area contributed by atoms with Gasteiger partial charge in [0.2, 0.25) is 0 Å². The molecule has 0 spiro atoms. The van der Waals surface area contributed by atoms with Crippen LogP contribution in [0.4, 0.5) is 0 Å². The molecule has 1 aliphatic rings. The maximum Gasteiger partial charge on any atom is 0.274 e. The fourth-order valence-corrected chi connectivity index (χ4v) is 2.83. The Balaban J connectivity index is 1.68. The zero-order chi connectivity index (χ0) is 14.7. The third-order valence-corrected chi connectivity index (χ3v) is 3.90. The Morgan fingerprint density at radius 2 is 2.38 bits per heavy atom. The van der Waals surface area contributed by atoms with Gasteiger partial charge in [-0.1, -0.05) is 13.3 Å². The average molecular weight is 288 g/mol. The van der Waals surface area contributed by atoms with E-state index in [1.165, 1.54) is 6.33 Å². The molecule has 7 heteroatoms. The Hall–Kier alpha value is -2.18. The highest BCUT2D eigenvalue weighted by Crippen LogP contribution is 2.24. The van der Waals surface area contributed by atoms with E-state index in [2.05, 4.69) is 32.3 Å². The Morgan fingerprint density at radius 3 is 3.14 bits per heavy atom. The number of aryl methyl sites for hydroxylation is 1. The number of piperidine rings is 1. The molecule has 1 aliphatic heterocycles. The van der Waals surface area contributed by atoms with Gasteiger partial charge in [-0.2, -0.15) is 10.2 Å². The minimum absolute atomic E-state index is 0.00202. The van der Waals surface area contributed by atoms with Gasteiger partial charge in [0.25, 0.3) is 5.91 Å². The molecule has 3 heterocycles. The first kappa shape index (κ1) is 13.8. The van der Waals surface area contributed by atoms with E-state index in [0.717, 1.165) is 43.7 Å². The maximum absolute atomic E-state index is 12.5. The van der Waals surface area contributed by atoms with Crippen LogP contribution in [0.15, 0.2) is 12.4 Å². The van der Waals surface area contributed by atoms with Crippen LogP contribution >= 0.6 is 0 Å². The molecule has 0 aromatic carbocycles. The van der Waals surface area contributed by atoms with Gasteiger partial charge >= 0.3 is 0 Å². The number of hydrogen-bond donors (Lipinski definition) is 2.